The van der Waals surface area contributed by atoms with Gasteiger partial charge in [0.1, 0.15) is 5.60 Å². The monoisotopic (exact) mass is 285 g/mol. The third-order valence-electron chi connectivity index (χ3n) is 4.46. The van der Waals surface area contributed by atoms with E-state index in [4.69, 9.17) is 0 Å². The second kappa shape index (κ2) is 5.60. The van der Waals surface area contributed by atoms with Crippen LogP contribution in [0.1, 0.15) is 55.5 Å². The zero-order chi connectivity index (χ0) is 14.9. The SMILES string of the molecule is CCCn1nncc1C(C)(O)c1ccc2c(c1)CCCC2. The lowest BCUT2D eigenvalue weighted by Gasteiger charge is -2.26. The molecule has 0 fully saturated rings. The van der Waals surface area contributed by atoms with Crippen LogP contribution in [-0.2, 0) is 25.0 Å². The van der Waals surface area contributed by atoms with Crippen LogP contribution in [0.3, 0.4) is 0 Å². The fourth-order valence-electron chi connectivity index (χ4n) is 3.20. The molecule has 0 amide bonds. The molecule has 0 bridgehead atoms. The normalized spacial score (nSPS) is 17.3. The third-order valence-corrected chi connectivity index (χ3v) is 4.46. The van der Waals surface area contributed by atoms with Crippen molar-refractivity contribution >= 4 is 0 Å². The zero-order valence-electron chi connectivity index (χ0n) is 12.8. The number of aromatic nitrogens is 3. The van der Waals surface area contributed by atoms with Crippen LogP contribution in [0, 0.1) is 0 Å². The predicted molar refractivity (Wildman–Crippen MR) is 82.1 cm³/mol. The van der Waals surface area contributed by atoms with E-state index in [1.165, 1.54) is 24.0 Å². The van der Waals surface area contributed by atoms with E-state index in [0.29, 0.717) is 0 Å². The van der Waals surface area contributed by atoms with E-state index in [2.05, 4.69) is 29.4 Å². The summed E-state index contributed by atoms with van der Waals surface area (Å²) in [4.78, 5) is 0. The Kier molecular flexibility index (Phi) is 3.81. The smallest absolute Gasteiger partial charge is 0.130 e. The first-order chi connectivity index (χ1) is 10.1. The predicted octanol–water partition coefficient (Wildman–Crippen LogP) is 2.82. The van der Waals surface area contributed by atoms with Crippen LogP contribution in [0.15, 0.2) is 24.4 Å². The zero-order valence-corrected chi connectivity index (χ0v) is 12.8. The molecule has 0 aliphatic heterocycles. The van der Waals surface area contributed by atoms with Gasteiger partial charge in [-0.05, 0) is 55.7 Å². The summed E-state index contributed by atoms with van der Waals surface area (Å²) in [6, 6.07) is 6.39. The van der Waals surface area contributed by atoms with Gasteiger partial charge < -0.3 is 5.11 Å². The Morgan fingerprint density at radius 3 is 2.76 bits per heavy atom. The molecule has 1 atom stereocenters. The average molecular weight is 285 g/mol. The van der Waals surface area contributed by atoms with Crippen LogP contribution in [0.2, 0.25) is 0 Å². The molecular weight excluding hydrogens is 262 g/mol. The van der Waals surface area contributed by atoms with Crippen molar-refractivity contribution in [3.8, 4) is 0 Å². The van der Waals surface area contributed by atoms with Crippen molar-refractivity contribution < 1.29 is 5.11 Å². The standard InChI is InChI=1S/C17H23N3O/c1-3-10-20-16(12-18-19-20)17(2,21)15-9-8-13-6-4-5-7-14(13)11-15/h8-9,11-12,21H,3-7,10H2,1-2H3. The molecule has 1 aromatic carbocycles. The maximum absolute atomic E-state index is 11.1. The number of rotatable bonds is 4. The van der Waals surface area contributed by atoms with Crippen molar-refractivity contribution in [3.05, 3.63) is 46.8 Å². The van der Waals surface area contributed by atoms with Crippen molar-refractivity contribution in [2.75, 3.05) is 0 Å². The molecule has 112 valence electrons. The van der Waals surface area contributed by atoms with Crippen LogP contribution in [0.25, 0.3) is 0 Å². The number of hydrogen-bond acceptors (Lipinski definition) is 3. The van der Waals surface area contributed by atoms with Gasteiger partial charge in [-0.15, -0.1) is 5.10 Å². The molecule has 1 aliphatic carbocycles. The molecule has 1 unspecified atom stereocenters. The van der Waals surface area contributed by atoms with Gasteiger partial charge in [0.2, 0.25) is 0 Å². The quantitative estimate of drug-likeness (QED) is 0.939. The van der Waals surface area contributed by atoms with Gasteiger partial charge in [-0.2, -0.15) is 0 Å². The molecule has 4 heteroatoms. The fourth-order valence-corrected chi connectivity index (χ4v) is 3.20. The molecule has 1 aromatic heterocycles. The largest absolute Gasteiger partial charge is 0.379 e. The molecular formula is C17H23N3O. The molecule has 21 heavy (non-hydrogen) atoms. The van der Waals surface area contributed by atoms with Crippen molar-refractivity contribution in [1.29, 1.82) is 0 Å². The average Bonchev–Trinajstić information content (AvgIpc) is 2.96. The molecule has 0 saturated heterocycles. The first kappa shape index (κ1) is 14.3. The highest BCUT2D eigenvalue weighted by molar-refractivity contribution is 5.39. The Bertz CT molecular complexity index is 631. The van der Waals surface area contributed by atoms with E-state index in [-0.39, 0.29) is 0 Å². The minimum atomic E-state index is -1.05. The molecule has 0 spiro atoms. The summed E-state index contributed by atoms with van der Waals surface area (Å²) in [5, 5.41) is 19.1. The van der Waals surface area contributed by atoms with Gasteiger partial charge in [0.15, 0.2) is 0 Å². The number of benzene rings is 1. The molecule has 1 N–H and O–H groups in total. The van der Waals surface area contributed by atoms with Crippen molar-refractivity contribution in [3.63, 3.8) is 0 Å². The van der Waals surface area contributed by atoms with Gasteiger partial charge in [-0.25, -0.2) is 4.68 Å². The number of hydrogen-bond donors (Lipinski definition) is 1. The maximum atomic E-state index is 11.1. The maximum Gasteiger partial charge on any atom is 0.130 e. The van der Waals surface area contributed by atoms with E-state index < -0.39 is 5.60 Å². The molecule has 3 rings (SSSR count). The summed E-state index contributed by atoms with van der Waals surface area (Å²) in [6.07, 6.45) is 7.44. The number of fused-ring (bicyclic) bond motifs is 1. The lowest BCUT2D eigenvalue weighted by atomic mass is 9.85. The third kappa shape index (κ3) is 2.60. The molecule has 1 heterocycles. The van der Waals surface area contributed by atoms with Crippen molar-refractivity contribution in [1.82, 2.24) is 15.0 Å². The van der Waals surface area contributed by atoms with Crippen LogP contribution >= 0.6 is 0 Å². The minimum absolute atomic E-state index is 0.764. The van der Waals surface area contributed by atoms with Gasteiger partial charge in [0.25, 0.3) is 0 Å². The van der Waals surface area contributed by atoms with Gasteiger partial charge in [0, 0.05) is 6.54 Å². The summed E-state index contributed by atoms with van der Waals surface area (Å²) in [6.45, 7) is 4.71. The number of aryl methyl sites for hydroxylation is 3. The second-order valence-corrected chi connectivity index (χ2v) is 6.11. The topological polar surface area (TPSA) is 50.9 Å². The molecule has 0 saturated carbocycles. The Morgan fingerprint density at radius 1 is 1.24 bits per heavy atom. The molecule has 1 aliphatic rings. The van der Waals surface area contributed by atoms with Gasteiger partial charge in [-0.3, -0.25) is 0 Å². The van der Waals surface area contributed by atoms with Crippen LogP contribution in [-0.4, -0.2) is 20.1 Å². The molecule has 2 aromatic rings. The summed E-state index contributed by atoms with van der Waals surface area (Å²) in [7, 11) is 0. The fraction of sp³-hybridized carbons (Fsp3) is 0.529. The summed E-state index contributed by atoms with van der Waals surface area (Å²) in [5.74, 6) is 0. The van der Waals surface area contributed by atoms with E-state index in [1.54, 1.807) is 10.9 Å². The van der Waals surface area contributed by atoms with Gasteiger partial charge in [0.05, 0.1) is 11.9 Å². The molecule has 4 nitrogen and oxygen atoms in total. The first-order valence-corrected chi connectivity index (χ1v) is 7.86. The van der Waals surface area contributed by atoms with Crippen molar-refractivity contribution in [2.45, 2.75) is 58.1 Å². The van der Waals surface area contributed by atoms with Crippen LogP contribution in [0.5, 0.6) is 0 Å². The Balaban J connectivity index is 1.99. The van der Waals surface area contributed by atoms with E-state index in [9.17, 15) is 5.11 Å². The Morgan fingerprint density at radius 2 is 2.00 bits per heavy atom. The van der Waals surface area contributed by atoms with Crippen LogP contribution < -0.4 is 0 Å². The highest BCUT2D eigenvalue weighted by atomic mass is 16.3. The van der Waals surface area contributed by atoms with Gasteiger partial charge in [-0.1, -0.05) is 30.3 Å². The Hall–Kier alpha value is -1.68. The summed E-state index contributed by atoms with van der Waals surface area (Å²) >= 11 is 0. The molecule has 0 radical (unpaired) electrons. The number of nitrogens with zero attached hydrogens (tertiary/aromatic N) is 3. The highest BCUT2D eigenvalue weighted by Crippen LogP contribution is 2.32. The van der Waals surface area contributed by atoms with Crippen molar-refractivity contribution in [2.24, 2.45) is 0 Å². The Labute approximate surface area is 125 Å². The first-order valence-electron chi connectivity index (χ1n) is 7.86. The van der Waals surface area contributed by atoms with E-state index >= 15 is 0 Å². The number of aliphatic hydroxyl groups is 1. The van der Waals surface area contributed by atoms with Gasteiger partial charge >= 0.3 is 0 Å². The van der Waals surface area contributed by atoms with E-state index in [1.807, 2.05) is 13.0 Å². The summed E-state index contributed by atoms with van der Waals surface area (Å²) < 4.78 is 1.81. The van der Waals surface area contributed by atoms with E-state index in [0.717, 1.165) is 37.1 Å². The van der Waals surface area contributed by atoms with Crippen LogP contribution in [0.4, 0.5) is 0 Å². The second-order valence-electron chi connectivity index (χ2n) is 6.11. The lowest BCUT2D eigenvalue weighted by Crippen LogP contribution is -2.27. The summed E-state index contributed by atoms with van der Waals surface area (Å²) in [5.41, 5.74) is 3.46. The minimum Gasteiger partial charge on any atom is -0.379 e. The highest BCUT2D eigenvalue weighted by Gasteiger charge is 2.30. The lowest BCUT2D eigenvalue weighted by molar-refractivity contribution is 0.0913.